The summed E-state index contributed by atoms with van der Waals surface area (Å²) in [5.74, 6) is -1.21. The Morgan fingerprint density at radius 2 is 1.50 bits per heavy atom. The number of hydrogen-bond donors (Lipinski definition) is 4. The van der Waals surface area contributed by atoms with Gasteiger partial charge in [0.2, 0.25) is 5.91 Å². The number of carbonyl (C=O) groups excluding carboxylic acids is 3. The second-order valence-electron chi connectivity index (χ2n) is 9.11. The molecule has 8 nitrogen and oxygen atoms in total. The Morgan fingerprint density at radius 3 is 2.21 bits per heavy atom. The quantitative estimate of drug-likeness (QED) is 0.0831. The van der Waals surface area contributed by atoms with E-state index < -0.39 is 5.97 Å². The average molecular weight is 619 g/mol. The molecular formula is C31H30N4O4S3. The molecule has 0 bridgehead atoms. The van der Waals surface area contributed by atoms with Gasteiger partial charge in [0, 0.05) is 22.0 Å². The zero-order valence-electron chi connectivity index (χ0n) is 23.3. The lowest BCUT2D eigenvalue weighted by Gasteiger charge is -2.12. The molecule has 42 heavy (non-hydrogen) atoms. The van der Waals surface area contributed by atoms with Crippen LogP contribution in [0.4, 0.5) is 22.1 Å². The Balaban J connectivity index is 1.40. The van der Waals surface area contributed by atoms with Gasteiger partial charge in [-0.05, 0) is 81.0 Å². The smallest absolute Gasteiger partial charge is 0.341 e. The summed E-state index contributed by atoms with van der Waals surface area (Å²) >= 11 is 7.81. The van der Waals surface area contributed by atoms with E-state index >= 15 is 0 Å². The van der Waals surface area contributed by atoms with Crippen molar-refractivity contribution >= 4 is 80.3 Å². The lowest BCUT2D eigenvalue weighted by Crippen LogP contribution is -2.19. The van der Waals surface area contributed by atoms with Gasteiger partial charge in [-0.2, -0.15) is 0 Å². The van der Waals surface area contributed by atoms with Crippen molar-refractivity contribution in [2.45, 2.75) is 25.7 Å². The number of thioether (sulfide) groups is 1. The van der Waals surface area contributed by atoms with E-state index in [2.05, 4.69) is 21.3 Å². The standard InChI is InChI=1S/C31H30N4O4S3/c1-4-39-30(38)26-20(3)27(28(37)32-21-9-6-5-7-10-21)42-29(26)35-25(36)18-41-24-12-8-11-23(17-24)34-31(40)33-22-15-13-19(2)14-16-22/h5-17H,4,18H2,1-3H3,(H,32,37)(H,35,36)(H2,33,34,40). The number of rotatable bonds is 10. The molecule has 1 heterocycles. The van der Waals surface area contributed by atoms with Crippen molar-refractivity contribution in [1.29, 1.82) is 0 Å². The molecule has 0 aliphatic carbocycles. The molecular weight excluding hydrogens is 589 g/mol. The molecule has 0 saturated heterocycles. The molecule has 0 fully saturated rings. The predicted octanol–water partition coefficient (Wildman–Crippen LogP) is 7.33. The van der Waals surface area contributed by atoms with Gasteiger partial charge in [0.05, 0.1) is 22.8 Å². The predicted molar refractivity (Wildman–Crippen MR) is 176 cm³/mol. The number of anilines is 4. The molecule has 4 rings (SSSR count). The maximum absolute atomic E-state index is 13.0. The molecule has 3 aromatic carbocycles. The summed E-state index contributed by atoms with van der Waals surface area (Å²) in [5, 5.41) is 12.7. The molecule has 0 atom stereocenters. The molecule has 4 N–H and O–H groups in total. The highest BCUT2D eigenvalue weighted by atomic mass is 32.2. The van der Waals surface area contributed by atoms with Gasteiger partial charge in [-0.15, -0.1) is 23.1 Å². The number of benzene rings is 3. The van der Waals surface area contributed by atoms with Crippen LogP contribution in [-0.4, -0.2) is 35.3 Å². The first kappa shape index (κ1) is 30.8. The summed E-state index contributed by atoms with van der Waals surface area (Å²) in [6.07, 6.45) is 0. The normalized spacial score (nSPS) is 10.5. The van der Waals surface area contributed by atoms with Gasteiger partial charge in [0.1, 0.15) is 5.00 Å². The Labute approximate surface area is 258 Å². The maximum Gasteiger partial charge on any atom is 0.341 e. The molecule has 216 valence electrons. The molecule has 0 saturated carbocycles. The molecule has 0 unspecified atom stereocenters. The third-order valence-electron chi connectivity index (χ3n) is 5.89. The molecule has 4 aromatic rings. The lowest BCUT2D eigenvalue weighted by atomic mass is 10.1. The molecule has 2 amide bonds. The number of ether oxygens (including phenoxy) is 1. The number of nitrogens with one attached hydrogen (secondary N) is 4. The Bertz CT molecular complexity index is 1590. The zero-order chi connectivity index (χ0) is 30.1. The molecule has 0 aliphatic heterocycles. The summed E-state index contributed by atoms with van der Waals surface area (Å²) < 4.78 is 5.22. The summed E-state index contributed by atoms with van der Waals surface area (Å²) in [6, 6.07) is 24.5. The van der Waals surface area contributed by atoms with Crippen LogP contribution < -0.4 is 21.3 Å². The van der Waals surface area contributed by atoms with E-state index in [1.807, 2.05) is 73.7 Å². The van der Waals surface area contributed by atoms with Crippen LogP contribution in [0.3, 0.4) is 0 Å². The number of thiocarbonyl (C=S) groups is 1. The van der Waals surface area contributed by atoms with E-state index in [0.717, 1.165) is 33.2 Å². The lowest BCUT2D eigenvalue weighted by molar-refractivity contribution is -0.113. The van der Waals surface area contributed by atoms with Gasteiger partial charge in [-0.1, -0.05) is 42.0 Å². The third kappa shape index (κ3) is 8.41. The molecule has 0 spiro atoms. The van der Waals surface area contributed by atoms with Crippen LogP contribution >= 0.6 is 35.3 Å². The number of thiophene rings is 1. The summed E-state index contributed by atoms with van der Waals surface area (Å²) in [6.45, 7) is 5.56. The van der Waals surface area contributed by atoms with Crippen LogP contribution in [0.15, 0.2) is 83.8 Å². The monoisotopic (exact) mass is 618 g/mol. The van der Waals surface area contributed by atoms with Gasteiger partial charge in [0.25, 0.3) is 5.91 Å². The van der Waals surface area contributed by atoms with Gasteiger partial charge < -0.3 is 26.0 Å². The van der Waals surface area contributed by atoms with Crippen molar-refractivity contribution in [3.8, 4) is 0 Å². The number of hydrogen-bond acceptors (Lipinski definition) is 7. The Morgan fingerprint density at radius 1 is 0.833 bits per heavy atom. The number of esters is 1. The number of aryl methyl sites for hydroxylation is 1. The number of amides is 2. The van der Waals surface area contributed by atoms with Crippen molar-refractivity contribution in [2.75, 3.05) is 33.6 Å². The van der Waals surface area contributed by atoms with E-state index in [-0.39, 0.29) is 34.7 Å². The minimum atomic E-state index is -0.595. The van der Waals surface area contributed by atoms with Crippen LogP contribution in [0, 0.1) is 13.8 Å². The summed E-state index contributed by atoms with van der Waals surface area (Å²) in [4.78, 5) is 39.9. The molecule has 1 aromatic heterocycles. The highest BCUT2D eigenvalue weighted by Crippen LogP contribution is 2.35. The second-order valence-corrected chi connectivity index (χ2v) is 11.6. The van der Waals surface area contributed by atoms with Gasteiger partial charge in [0.15, 0.2) is 5.11 Å². The van der Waals surface area contributed by atoms with E-state index in [4.69, 9.17) is 17.0 Å². The minimum Gasteiger partial charge on any atom is -0.462 e. The van der Waals surface area contributed by atoms with E-state index in [0.29, 0.717) is 21.2 Å². The van der Waals surface area contributed by atoms with Crippen LogP contribution in [0.5, 0.6) is 0 Å². The van der Waals surface area contributed by atoms with Crippen LogP contribution in [0.1, 0.15) is 38.1 Å². The fraction of sp³-hybridized carbons (Fsp3) is 0.161. The van der Waals surface area contributed by atoms with Crippen molar-refractivity contribution in [3.05, 3.63) is 100 Å². The fourth-order valence-electron chi connectivity index (χ4n) is 3.88. The van der Waals surface area contributed by atoms with Crippen molar-refractivity contribution in [2.24, 2.45) is 0 Å². The number of carbonyl (C=O) groups is 3. The second kappa shape index (κ2) is 14.6. The maximum atomic E-state index is 13.0. The van der Waals surface area contributed by atoms with E-state index in [9.17, 15) is 14.4 Å². The first-order valence-corrected chi connectivity index (χ1v) is 15.3. The van der Waals surface area contributed by atoms with E-state index in [1.54, 1.807) is 26.0 Å². The zero-order valence-corrected chi connectivity index (χ0v) is 25.7. The fourth-order valence-corrected chi connectivity index (χ4v) is 5.98. The minimum absolute atomic E-state index is 0.0836. The van der Waals surface area contributed by atoms with Crippen LogP contribution in [0.25, 0.3) is 0 Å². The highest BCUT2D eigenvalue weighted by Gasteiger charge is 2.26. The topological polar surface area (TPSA) is 109 Å². The van der Waals surface area contributed by atoms with Crippen molar-refractivity contribution in [1.82, 2.24) is 0 Å². The number of para-hydroxylation sites is 1. The first-order valence-electron chi connectivity index (χ1n) is 13.1. The Hall–Kier alpha value is -4.19. The van der Waals surface area contributed by atoms with Crippen molar-refractivity contribution in [3.63, 3.8) is 0 Å². The van der Waals surface area contributed by atoms with Gasteiger partial charge in [-0.3, -0.25) is 9.59 Å². The molecule has 11 heteroatoms. The van der Waals surface area contributed by atoms with Crippen LogP contribution in [0.2, 0.25) is 0 Å². The largest absolute Gasteiger partial charge is 0.462 e. The van der Waals surface area contributed by atoms with Gasteiger partial charge in [-0.25, -0.2) is 4.79 Å². The van der Waals surface area contributed by atoms with Gasteiger partial charge >= 0.3 is 5.97 Å². The summed E-state index contributed by atoms with van der Waals surface area (Å²) in [7, 11) is 0. The molecule has 0 radical (unpaired) electrons. The Kier molecular flexibility index (Phi) is 10.7. The SMILES string of the molecule is CCOC(=O)c1c(NC(=O)CSc2cccc(NC(=S)Nc3ccc(C)cc3)c2)sc(C(=O)Nc2ccccc2)c1C. The van der Waals surface area contributed by atoms with Crippen LogP contribution in [-0.2, 0) is 9.53 Å². The third-order valence-corrected chi connectivity index (χ3v) is 8.29. The molecule has 0 aliphatic rings. The summed E-state index contributed by atoms with van der Waals surface area (Å²) in [5.41, 5.74) is 4.07. The van der Waals surface area contributed by atoms with E-state index in [1.165, 1.54) is 11.8 Å². The highest BCUT2D eigenvalue weighted by molar-refractivity contribution is 8.00. The first-order chi connectivity index (χ1) is 20.2. The average Bonchev–Trinajstić information content (AvgIpc) is 3.29. The van der Waals surface area contributed by atoms with Crippen molar-refractivity contribution < 1.29 is 19.1 Å².